The van der Waals surface area contributed by atoms with Crippen LogP contribution in [0.4, 0.5) is 5.69 Å². The number of carbonyl (C=O) groups is 2. The smallest absolute Gasteiger partial charge is 0.351 e. The molecule has 3 aromatic rings. The number of carbonyl (C=O) groups excluding carboxylic acids is 2. The Morgan fingerprint density at radius 3 is 2.54 bits per heavy atom. The Labute approximate surface area is 162 Å². The van der Waals surface area contributed by atoms with Crippen molar-refractivity contribution in [1.29, 1.82) is 0 Å². The summed E-state index contributed by atoms with van der Waals surface area (Å²) in [5.74, 6) is -0.948. The molecule has 0 aliphatic heterocycles. The monoisotopic (exact) mass is 379 g/mol. The summed E-state index contributed by atoms with van der Waals surface area (Å²) in [6.45, 7) is 3.75. The fourth-order valence-corrected chi connectivity index (χ4v) is 2.74. The predicted octanol–water partition coefficient (Wildman–Crippen LogP) is 4.10. The molecular weight excluding hydrogens is 358 g/mol. The lowest BCUT2D eigenvalue weighted by molar-refractivity contribution is -0.119. The summed E-state index contributed by atoms with van der Waals surface area (Å²) in [5.41, 5.74) is 1.13. The minimum absolute atomic E-state index is 0.246. The van der Waals surface area contributed by atoms with Crippen LogP contribution in [0.2, 0.25) is 0 Å². The number of anilines is 1. The van der Waals surface area contributed by atoms with Gasteiger partial charge in [-0.15, -0.1) is 0 Å². The van der Waals surface area contributed by atoms with E-state index in [1.165, 1.54) is 11.6 Å². The summed E-state index contributed by atoms with van der Waals surface area (Å²) >= 11 is 0. The van der Waals surface area contributed by atoms with E-state index in [9.17, 15) is 14.4 Å². The molecule has 2 aromatic carbocycles. The molecule has 0 spiro atoms. The Morgan fingerprint density at radius 2 is 1.82 bits per heavy atom. The van der Waals surface area contributed by atoms with E-state index in [4.69, 9.17) is 9.15 Å². The molecule has 0 unspecified atom stereocenters. The first-order valence-corrected chi connectivity index (χ1v) is 9.07. The highest BCUT2D eigenvalue weighted by atomic mass is 16.5. The lowest BCUT2D eigenvalue weighted by Gasteiger charge is -2.10. The molecule has 28 heavy (non-hydrogen) atoms. The van der Waals surface area contributed by atoms with Gasteiger partial charge in [0.1, 0.15) is 11.1 Å². The van der Waals surface area contributed by atoms with Crippen molar-refractivity contribution in [2.24, 2.45) is 0 Å². The third kappa shape index (κ3) is 4.46. The maximum absolute atomic E-state index is 12.2. The van der Waals surface area contributed by atoms with Crippen LogP contribution in [0.3, 0.4) is 0 Å². The minimum atomic E-state index is -0.901. The zero-order valence-electron chi connectivity index (χ0n) is 15.7. The first-order valence-electron chi connectivity index (χ1n) is 9.07. The number of esters is 1. The van der Waals surface area contributed by atoms with E-state index >= 15 is 0 Å². The van der Waals surface area contributed by atoms with Gasteiger partial charge in [-0.1, -0.05) is 44.2 Å². The molecule has 0 radical (unpaired) electrons. The second-order valence-electron chi connectivity index (χ2n) is 6.54. The van der Waals surface area contributed by atoms with Gasteiger partial charge >= 0.3 is 11.6 Å². The second-order valence-corrected chi connectivity index (χ2v) is 6.54. The van der Waals surface area contributed by atoms with E-state index in [-0.39, 0.29) is 5.56 Å². The van der Waals surface area contributed by atoms with Gasteiger partial charge in [-0.25, -0.2) is 9.59 Å². The van der Waals surface area contributed by atoms with Crippen LogP contribution in [-0.4, -0.2) is 18.5 Å². The number of fused-ring (bicyclic) bond motifs is 1. The van der Waals surface area contributed by atoms with E-state index in [0.29, 0.717) is 22.6 Å². The van der Waals surface area contributed by atoms with Crippen molar-refractivity contribution in [2.75, 3.05) is 11.9 Å². The number of benzene rings is 2. The summed E-state index contributed by atoms with van der Waals surface area (Å²) in [4.78, 5) is 36.1. The van der Waals surface area contributed by atoms with E-state index in [1.807, 2.05) is 12.1 Å². The van der Waals surface area contributed by atoms with Gasteiger partial charge in [-0.2, -0.15) is 0 Å². The second kappa shape index (κ2) is 8.52. The molecule has 0 aliphatic rings. The normalized spacial score (nSPS) is 11.8. The van der Waals surface area contributed by atoms with Gasteiger partial charge in [0.05, 0.1) is 0 Å². The van der Waals surface area contributed by atoms with Crippen LogP contribution in [0.15, 0.2) is 63.8 Å². The molecule has 0 fully saturated rings. The van der Waals surface area contributed by atoms with E-state index in [1.54, 1.807) is 36.4 Å². The van der Waals surface area contributed by atoms with Crippen molar-refractivity contribution in [2.45, 2.75) is 26.2 Å². The number of amides is 1. The van der Waals surface area contributed by atoms with Crippen molar-refractivity contribution in [3.63, 3.8) is 0 Å². The Hall–Kier alpha value is -3.41. The molecular formula is C22H21NO5. The van der Waals surface area contributed by atoms with E-state index in [2.05, 4.69) is 19.2 Å². The number of rotatable bonds is 6. The summed E-state index contributed by atoms with van der Waals surface area (Å²) in [6.07, 6.45) is 1.03. The molecule has 0 saturated carbocycles. The van der Waals surface area contributed by atoms with Gasteiger partial charge in [0.15, 0.2) is 6.61 Å². The third-order valence-corrected chi connectivity index (χ3v) is 4.57. The Kier molecular flexibility index (Phi) is 5.89. The van der Waals surface area contributed by atoms with Gasteiger partial charge in [0, 0.05) is 11.1 Å². The summed E-state index contributed by atoms with van der Waals surface area (Å²) in [5, 5.41) is 3.26. The number of ether oxygens (including phenoxy) is 1. The van der Waals surface area contributed by atoms with Gasteiger partial charge in [-0.05, 0) is 42.2 Å². The lowest BCUT2D eigenvalue weighted by Crippen LogP contribution is -2.23. The van der Waals surface area contributed by atoms with Crippen LogP contribution in [0.5, 0.6) is 0 Å². The Balaban J connectivity index is 1.61. The maximum Gasteiger partial charge on any atom is 0.351 e. The summed E-state index contributed by atoms with van der Waals surface area (Å²) < 4.78 is 10.1. The van der Waals surface area contributed by atoms with E-state index < -0.39 is 24.1 Å². The third-order valence-electron chi connectivity index (χ3n) is 4.57. The SMILES string of the molecule is CC[C@H](C)c1ccc(NC(=O)COC(=O)c2cc3ccccc3oc2=O)cc1. The summed E-state index contributed by atoms with van der Waals surface area (Å²) in [7, 11) is 0. The fraction of sp³-hybridized carbons (Fsp3) is 0.227. The zero-order chi connectivity index (χ0) is 20.1. The minimum Gasteiger partial charge on any atom is -0.452 e. The van der Waals surface area contributed by atoms with Crippen LogP contribution in [0.1, 0.15) is 42.1 Å². The van der Waals surface area contributed by atoms with Gasteiger partial charge in [-0.3, -0.25) is 4.79 Å². The Morgan fingerprint density at radius 1 is 1.11 bits per heavy atom. The molecule has 1 heterocycles. The largest absolute Gasteiger partial charge is 0.452 e. The highest BCUT2D eigenvalue weighted by molar-refractivity contribution is 5.96. The maximum atomic E-state index is 12.2. The van der Waals surface area contributed by atoms with Crippen molar-refractivity contribution >= 4 is 28.5 Å². The molecule has 0 aliphatic carbocycles. The highest BCUT2D eigenvalue weighted by Crippen LogP contribution is 2.20. The molecule has 1 amide bonds. The molecule has 1 atom stereocenters. The number of para-hydroxylation sites is 1. The molecule has 6 heteroatoms. The van der Waals surface area contributed by atoms with Crippen LogP contribution in [0.25, 0.3) is 11.0 Å². The Bertz CT molecular complexity index is 1050. The number of hydrogen-bond donors (Lipinski definition) is 1. The van der Waals surface area contributed by atoms with Crippen LogP contribution < -0.4 is 10.9 Å². The van der Waals surface area contributed by atoms with Gasteiger partial charge < -0.3 is 14.5 Å². The van der Waals surface area contributed by atoms with Crippen molar-refractivity contribution in [3.8, 4) is 0 Å². The molecule has 0 saturated heterocycles. The number of hydrogen-bond acceptors (Lipinski definition) is 5. The van der Waals surface area contributed by atoms with Gasteiger partial charge in [0.2, 0.25) is 0 Å². The van der Waals surface area contributed by atoms with Crippen LogP contribution >= 0.6 is 0 Å². The quantitative estimate of drug-likeness (QED) is 0.515. The predicted molar refractivity (Wildman–Crippen MR) is 107 cm³/mol. The molecule has 1 aromatic heterocycles. The average molecular weight is 379 g/mol. The van der Waals surface area contributed by atoms with Crippen molar-refractivity contribution in [1.82, 2.24) is 0 Å². The molecule has 6 nitrogen and oxygen atoms in total. The standard InChI is InChI=1S/C22H21NO5/c1-3-14(2)15-8-10-17(11-9-15)23-20(24)13-27-21(25)18-12-16-6-4-5-7-19(16)28-22(18)26/h4-12,14H,3,13H2,1-2H3,(H,23,24)/t14-/m0/s1. The van der Waals surface area contributed by atoms with Crippen molar-refractivity contribution in [3.05, 3.63) is 76.1 Å². The molecule has 3 rings (SSSR count). The summed E-state index contributed by atoms with van der Waals surface area (Å²) in [6, 6.07) is 15.7. The zero-order valence-corrected chi connectivity index (χ0v) is 15.7. The highest BCUT2D eigenvalue weighted by Gasteiger charge is 2.16. The first kappa shape index (κ1) is 19.4. The first-order chi connectivity index (χ1) is 13.5. The number of nitrogens with one attached hydrogen (secondary N) is 1. The van der Waals surface area contributed by atoms with Crippen LogP contribution in [-0.2, 0) is 9.53 Å². The molecule has 0 bridgehead atoms. The lowest BCUT2D eigenvalue weighted by atomic mass is 9.99. The fourth-order valence-electron chi connectivity index (χ4n) is 2.74. The molecule has 1 N–H and O–H groups in total. The topological polar surface area (TPSA) is 85.6 Å². The van der Waals surface area contributed by atoms with Crippen molar-refractivity contribution < 1.29 is 18.7 Å². The van der Waals surface area contributed by atoms with Gasteiger partial charge in [0.25, 0.3) is 5.91 Å². The van der Waals surface area contributed by atoms with Crippen LogP contribution in [0, 0.1) is 0 Å². The molecule has 144 valence electrons. The average Bonchev–Trinajstić information content (AvgIpc) is 2.71. The van der Waals surface area contributed by atoms with E-state index in [0.717, 1.165) is 6.42 Å².